The number of nitrogens with zero attached hydrogens (tertiary/aromatic N) is 2. The number of hydrogen-bond donors (Lipinski definition) is 0. The van der Waals surface area contributed by atoms with Gasteiger partial charge >= 0.3 is 5.97 Å². The highest BCUT2D eigenvalue weighted by Gasteiger charge is 2.35. The fraction of sp³-hybridized carbons (Fsp3) is 0.0938. The molecule has 6 rings (SSSR count). The van der Waals surface area contributed by atoms with Crippen LogP contribution in [0, 0.1) is 5.82 Å². The summed E-state index contributed by atoms with van der Waals surface area (Å²) in [6.07, 6.45) is 1.62. The molecule has 10 heteroatoms. The first-order valence-corrected chi connectivity index (χ1v) is 14.5. The lowest BCUT2D eigenvalue weighted by Crippen LogP contribution is -2.40. The highest BCUT2D eigenvalue weighted by Crippen LogP contribution is 2.35. The molecule has 1 unspecified atom stereocenters. The molecule has 3 heterocycles. The zero-order valence-corrected chi connectivity index (χ0v) is 24.3. The molecule has 0 saturated carbocycles. The molecule has 1 aliphatic heterocycles. The summed E-state index contributed by atoms with van der Waals surface area (Å²) < 4.78 is 27.2. The average Bonchev–Trinajstić information content (AvgIpc) is 3.57. The van der Waals surface area contributed by atoms with Crippen LogP contribution in [0.2, 0.25) is 10.0 Å². The molecule has 0 saturated heterocycles. The van der Waals surface area contributed by atoms with Crippen LogP contribution in [0.3, 0.4) is 0 Å². The molecule has 1 atom stereocenters. The molecule has 0 bridgehead atoms. The van der Waals surface area contributed by atoms with E-state index in [1.165, 1.54) is 16.7 Å². The number of benzene rings is 3. The van der Waals surface area contributed by atoms with E-state index in [4.69, 9.17) is 37.3 Å². The van der Waals surface area contributed by atoms with E-state index in [0.29, 0.717) is 53.3 Å². The zero-order valence-electron chi connectivity index (χ0n) is 22.0. The van der Waals surface area contributed by atoms with Gasteiger partial charge in [0.05, 0.1) is 33.5 Å². The summed E-state index contributed by atoms with van der Waals surface area (Å²) in [4.78, 5) is 32.6. The second kappa shape index (κ2) is 11.6. The van der Waals surface area contributed by atoms with E-state index in [0.717, 1.165) is 11.3 Å². The van der Waals surface area contributed by atoms with Crippen LogP contribution in [0.1, 0.15) is 29.9 Å². The molecule has 2 aromatic heterocycles. The topological polar surface area (TPSA) is 73.8 Å². The van der Waals surface area contributed by atoms with E-state index in [1.54, 1.807) is 55.5 Å². The maximum atomic E-state index is 14.0. The minimum atomic E-state index is -0.904. The fourth-order valence-corrected chi connectivity index (χ4v) is 6.28. The molecule has 0 amide bonds. The molecule has 0 N–H and O–H groups in total. The molecular weight excluding hydrogens is 598 g/mol. The van der Waals surface area contributed by atoms with E-state index >= 15 is 0 Å². The standard InChI is InChI=1S/C32H21Cl2FN2O4S/c1-2-40-31(39)27-28(18-6-4-3-5-7-18)36-32-37(29(27)19-8-11-21(35)12-9-19)30(38)26(42-32)17-22-13-15-25(41-22)23-14-10-20(33)16-24(23)34/h3-17,29H,2H2,1H3/b26-17-. The molecule has 0 spiro atoms. The molecule has 1 aliphatic rings. The summed E-state index contributed by atoms with van der Waals surface area (Å²) in [7, 11) is 0. The number of hydrogen-bond acceptors (Lipinski definition) is 6. The predicted octanol–water partition coefficient (Wildman–Crippen LogP) is 6.64. The van der Waals surface area contributed by atoms with Crippen molar-refractivity contribution in [3.05, 3.63) is 143 Å². The van der Waals surface area contributed by atoms with Gasteiger partial charge in [0.15, 0.2) is 4.80 Å². The van der Waals surface area contributed by atoms with Gasteiger partial charge in [-0.3, -0.25) is 9.36 Å². The molecule has 42 heavy (non-hydrogen) atoms. The monoisotopic (exact) mass is 618 g/mol. The predicted molar refractivity (Wildman–Crippen MR) is 162 cm³/mol. The van der Waals surface area contributed by atoms with Crippen molar-refractivity contribution in [3.63, 3.8) is 0 Å². The van der Waals surface area contributed by atoms with Crippen molar-refractivity contribution in [2.45, 2.75) is 13.0 Å². The lowest BCUT2D eigenvalue weighted by molar-refractivity contribution is -0.138. The van der Waals surface area contributed by atoms with Gasteiger partial charge in [-0.25, -0.2) is 14.2 Å². The number of halogens is 3. The Bertz CT molecular complexity index is 2030. The summed E-state index contributed by atoms with van der Waals surface area (Å²) in [5.74, 6) is -0.118. The second-order valence-electron chi connectivity index (χ2n) is 9.31. The van der Waals surface area contributed by atoms with Crippen molar-refractivity contribution < 1.29 is 18.3 Å². The Morgan fingerprint density at radius 1 is 1.07 bits per heavy atom. The number of esters is 1. The van der Waals surface area contributed by atoms with Gasteiger partial charge in [-0.1, -0.05) is 77.0 Å². The molecular formula is C32H21Cl2FN2O4S. The number of thiazole rings is 1. The molecule has 3 aromatic carbocycles. The van der Waals surface area contributed by atoms with Crippen molar-refractivity contribution in [2.75, 3.05) is 6.61 Å². The van der Waals surface area contributed by atoms with Crippen LogP contribution in [0.4, 0.5) is 4.39 Å². The number of aromatic nitrogens is 1. The number of carbonyl (C=O) groups is 1. The van der Waals surface area contributed by atoms with Crippen LogP contribution >= 0.6 is 34.5 Å². The van der Waals surface area contributed by atoms with Gasteiger partial charge in [0.1, 0.15) is 17.3 Å². The SMILES string of the molecule is CCOC(=O)C1=C(c2ccccc2)N=c2s/c(=C\c3ccc(-c4ccc(Cl)cc4Cl)o3)c(=O)n2C1c1ccc(F)cc1. The highest BCUT2D eigenvalue weighted by atomic mass is 35.5. The Kier molecular flexibility index (Phi) is 7.68. The van der Waals surface area contributed by atoms with Crippen molar-refractivity contribution in [1.29, 1.82) is 0 Å². The third kappa shape index (κ3) is 5.25. The molecule has 210 valence electrons. The van der Waals surface area contributed by atoms with Crippen LogP contribution in [0.5, 0.6) is 0 Å². The van der Waals surface area contributed by atoms with Crippen LogP contribution in [-0.4, -0.2) is 17.1 Å². The van der Waals surface area contributed by atoms with Crippen molar-refractivity contribution in [3.8, 4) is 11.3 Å². The third-order valence-electron chi connectivity index (χ3n) is 6.66. The minimum absolute atomic E-state index is 0.128. The maximum Gasteiger partial charge on any atom is 0.338 e. The lowest BCUT2D eigenvalue weighted by atomic mass is 9.93. The summed E-state index contributed by atoms with van der Waals surface area (Å²) in [6.45, 7) is 1.83. The summed E-state index contributed by atoms with van der Waals surface area (Å²) >= 11 is 13.5. The minimum Gasteiger partial charge on any atom is -0.463 e. The van der Waals surface area contributed by atoms with Crippen molar-refractivity contribution >= 4 is 52.3 Å². The first kappa shape index (κ1) is 27.9. The average molecular weight is 620 g/mol. The first-order chi connectivity index (χ1) is 20.3. The van der Waals surface area contributed by atoms with Gasteiger partial charge in [0.25, 0.3) is 5.56 Å². The van der Waals surface area contributed by atoms with Gasteiger partial charge in [0, 0.05) is 22.2 Å². The summed E-state index contributed by atoms with van der Waals surface area (Å²) in [5.41, 5.74) is 2.06. The normalized spacial score (nSPS) is 15.0. The van der Waals surface area contributed by atoms with Crippen LogP contribution in [-0.2, 0) is 9.53 Å². The largest absolute Gasteiger partial charge is 0.463 e. The van der Waals surface area contributed by atoms with E-state index in [-0.39, 0.29) is 17.7 Å². The van der Waals surface area contributed by atoms with Gasteiger partial charge in [0.2, 0.25) is 0 Å². The number of furan rings is 1. The number of rotatable bonds is 6. The van der Waals surface area contributed by atoms with E-state index in [2.05, 4.69) is 0 Å². The molecule has 0 radical (unpaired) electrons. The fourth-order valence-electron chi connectivity index (χ4n) is 4.79. The lowest BCUT2D eigenvalue weighted by Gasteiger charge is -2.25. The molecule has 0 aliphatic carbocycles. The Morgan fingerprint density at radius 3 is 2.55 bits per heavy atom. The maximum absolute atomic E-state index is 14.0. The summed E-state index contributed by atoms with van der Waals surface area (Å²) in [5, 5.41) is 0.936. The van der Waals surface area contributed by atoms with Gasteiger partial charge in [-0.15, -0.1) is 0 Å². The third-order valence-corrected chi connectivity index (χ3v) is 8.19. The van der Waals surface area contributed by atoms with E-state index in [9.17, 15) is 14.0 Å². The molecule has 6 nitrogen and oxygen atoms in total. The highest BCUT2D eigenvalue weighted by molar-refractivity contribution is 7.07. The van der Waals surface area contributed by atoms with E-state index in [1.807, 2.05) is 30.3 Å². The zero-order chi connectivity index (χ0) is 29.4. The quantitative estimate of drug-likeness (QED) is 0.200. The van der Waals surface area contributed by atoms with Gasteiger partial charge < -0.3 is 9.15 Å². The Labute approximate surface area is 253 Å². The van der Waals surface area contributed by atoms with E-state index < -0.39 is 17.8 Å². The second-order valence-corrected chi connectivity index (χ2v) is 11.2. The Morgan fingerprint density at radius 2 is 1.83 bits per heavy atom. The molecule has 5 aromatic rings. The number of ether oxygens (including phenoxy) is 1. The Hall–Kier alpha value is -4.24. The Balaban J connectivity index is 1.55. The first-order valence-electron chi connectivity index (χ1n) is 12.9. The van der Waals surface area contributed by atoms with Crippen molar-refractivity contribution in [2.24, 2.45) is 4.99 Å². The van der Waals surface area contributed by atoms with Crippen LogP contribution in [0.15, 0.2) is 105 Å². The van der Waals surface area contributed by atoms with Gasteiger partial charge in [-0.2, -0.15) is 0 Å². The number of carbonyl (C=O) groups excluding carboxylic acids is 1. The smallest absolute Gasteiger partial charge is 0.338 e. The summed E-state index contributed by atoms with van der Waals surface area (Å²) in [6, 6.07) is 22.6. The van der Waals surface area contributed by atoms with Crippen LogP contribution in [0.25, 0.3) is 23.1 Å². The van der Waals surface area contributed by atoms with Crippen LogP contribution < -0.4 is 14.9 Å². The van der Waals surface area contributed by atoms with Gasteiger partial charge in [-0.05, 0) is 55.0 Å². The number of fused-ring (bicyclic) bond motifs is 1. The molecule has 0 fully saturated rings. The van der Waals surface area contributed by atoms with Crippen molar-refractivity contribution in [1.82, 2.24) is 4.57 Å².